The zero-order valence-electron chi connectivity index (χ0n) is 9.12. The Bertz CT molecular complexity index is 406. The third-order valence-corrected chi connectivity index (χ3v) is 6.72. The molecule has 6 aliphatic carbocycles. The molecule has 0 aromatic carbocycles. The first-order chi connectivity index (χ1) is 9.24. The summed E-state index contributed by atoms with van der Waals surface area (Å²) in [6.45, 7) is 0. The van der Waals surface area contributed by atoms with E-state index in [1.54, 1.807) is 0 Å². The van der Waals surface area contributed by atoms with Gasteiger partial charge in [-0.3, -0.25) is 0 Å². The second kappa shape index (κ2) is 2.44. The van der Waals surface area contributed by atoms with Crippen LogP contribution in [-0.2, 0) is 0 Å². The third-order valence-electron chi connectivity index (χ3n) is 6.72. The summed E-state index contributed by atoms with van der Waals surface area (Å²) in [6.07, 6.45) is 0. The van der Waals surface area contributed by atoms with E-state index in [0.717, 1.165) is 0 Å². The van der Waals surface area contributed by atoms with E-state index < -0.39 is 67.2 Å². The van der Waals surface area contributed by atoms with Gasteiger partial charge in [-0.2, -0.15) is 0 Å². The maximum absolute atomic E-state index is 13.0. The van der Waals surface area contributed by atoms with E-state index in [0.29, 0.717) is 0 Å². The predicted octanol–water partition coefficient (Wildman–Crippen LogP) is 1.76. The third kappa shape index (κ3) is 0.504. The van der Waals surface area contributed by atoms with Crippen LogP contribution >= 0.6 is 0 Å². The first-order valence-corrected chi connectivity index (χ1v) is 5.71. The molecule has 0 unspecified atom stereocenters. The standard InChI is InChI=1S/C8H4F8N4/c9-17(10)5-1-6(18(11)12)2(5)8(20(15)16)3(5)7(1,4(6)8)19(13)14/h1-4H. The Labute approximate surface area is 104 Å². The number of nitrogens with zero attached hydrogens (tertiary/aromatic N) is 4. The zero-order valence-corrected chi connectivity index (χ0v) is 9.12. The smallest absolute Gasteiger partial charge is 0.101 e. The molecule has 6 fully saturated rings. The van der Waals surface area contributed by atoms with Gasteiger partial charge in [-0.05, 0) is 0 Å². The summed E-state index contributed by atoms with van der Waals surface area (Å²) in [5, 5.41) is -5.69. The minimum absolute atomic E-state index is 1.42. The lowest BCUT2D eigenvalue weighted by Gasteiger charge is -3.13. The lowest BCUT2D eigenvalue weighted by atomic mass is 8.91. The highest BCUT2D eigenvalue weighted by atomic mass is 19.4. The summed E-state index contributed by atoms with van der Waals surface area (Å²) in [6, 6.07) is 0. The fourth-order valence-corrected chi connectivity index (χ4v) is 7.04. The predicted molar refractivity (Wildman–Crippen MR) is 41.1 cm³/mol. The van der Waals surface area contributed by atoms with E-state index in [4.69, 9.17) is 0 Å². The molecule has 0 aromatic heterocycles. The van der Waals surface area contributed by atoms with Gasteiger partial charge in [0.1, 0.15) is 22.2 Å². The van der Waals surface area contributed by atoms with E-state index in [9.17, 15) is 35.9 Å². The van der Waals surface area contributed by atoms with Crippen molar-refractivity contribution in [3.05, 3.63) is 0 Å². The number of halogens is 8. The van der Waals surface area contributed by atoms with Crippen molar-refractivity contribution in [1.29, 1.82) is 0 Å². The molecule has 0 aliphatic heterocycles. The molecule has 0 radical (unpaired) electrons. The van der Waals surface area contributed by atoms with Crippen LogP contribution in [0.4, 0.5) is 35.9 Å². The van der Waals surface area contributed by atoms with Crippen LogP contribution in [-0.4, -0.2) is 43.5 Å². The topological polar surface area (TPSA) is 13.0 Å². The van der Waals surface area contributed by atoms with Crippen molar-refractivity contribution in [3.8, 4) is 0 Å². The molecular weight excluding hydrogens is 304 g/mol. The maximum Gasteiger partial charge on any atom is 0.104 e. The van der Waals surface area contributed by atoms with Crippen molar-refractivity contribution in [1.82, 2.24) is 21.4 Å². The monoisotopic (exact) mass is 308 g/mol. The van der Waals surface area contributed by atoms with Gasteiger partial charge in [0, 0.05) is 45.0 Å². The molecule has 0 saturated heterocycles. The quantitative estimate of drug-likeness (QED) is 0.579. The van der Waals surface area contributed by atoms with E-state index in [1.165, 1.54) is 0 Å². The van der Waals surface area contributed by atoms with Crippen molar-refractivity contribution in [2.45, 2.75) is 22.2 Å². The first kappa shape index (κ1) is 11.9. The molecule has 0 heterocycles. The second-order valence-corrected chi connectivity index (χ2v) is 6.21. The molecule has 0 amide bonds. The fourth-order valence-electron chi connectivity index (χ4n) is 7.04. The van der Waals surface area contributed by atoms with Crippen LogP contribution < -0.4 is 0 Å². The SMILES string of the molecule is FN(F)C12C3C4(N(F)F)C1C1(N(F)F)C2C3(N(F)F)C41. The van der Waals surface area contributed by atoms with Crippen LogP contribution in [0.3, 0.4) is 0 Å². The van der Waals surface area contributed by atoms with Gasteiger partial charge in [-0.25, -0.2) is 0 Å². The molecule has 4 nitrogen and oxygen atoms in total. The van der Waals surface area contributed by atoms with Crippen LogP contribution in [0.25, 0.3) is 0 Å². The lowest BCUT2D eigenvalue weighted by molar-refractivity contribution is -0.751. The van der Waals surface area contributed by atoms with E-state index in [1.807, 2.05) is 0 Å². The first-order valence-electron chi connectivity index (χ1n) is 5.71. The van der Waals surface area contributed by atoms with Gasteiger partial charge >= 0.3 is 0 Å². The molecule has 6 rings (SSSR count). The average Bonchev–Trinajstić information content (AvgIpc) is 2.35. The Morgan fingerprint density at radius 3 is 0.650 bits per heavy atom. The molecule has 112 valence electrons. The molecule has 6 saturated carbocycles. The zero-order chi connectivity index (χ0) is 14.6. The highest BCUT2D eigenvalue weighted by Gasteiger charge is 3.27. The average molecular weight is 308 g/mol. The largest absolute Gasteiger partial charge is 0.104 e. The van der Waals surface area contributed by atoms with Gasteiger partial charge in [0.25, 0.3) is 0 Å². The molecule has 20 heavy (non-hydrogen) atoms. The number of hydrogen-bond donors (Lipinski definition) is 0. The van der Waals surface area contributed by atoms with E-state index in [-0.39, 0.29) is 0 Å². The van der Waals surface area contributed by atoms with Gasteiger partial charge in [-0.1, -0.05) is 0 Å². The van der Waals surface area contributed by atoms with Crippen LogP contribution in [0.15, 0.2) is 0 Å². The van der Waals surface area contributed by atoms with Crippen molar-refractivity contribution < 1.29 is 35.9 Å². The molecule has 6 aliphatic rings. The van der Waals surface area contributed by atoms with Gasteiger partial charge < -0.3 is 0 Å². The van der Waals surface area contributed by atoms with Crippen LogP contribution in [0.1, 0.15) is 0 Å². The summed E-state index contributed by atoms with van der Waals surface area (Å²) in [5.41, 5.74) is -9.06. The molecular formula is C8H4F8N4. The Morgan fingerprint density at radius 1 is 0.400 bits per heavy atom. The van der Waals surface area contributed by atoms with Crippen LogP contribution in [0.5, 0.6) is 0 Å². The fraction of sp³-hybridized carbons (Fsp3) is 1.00. The van der Waals surface area contributed by atoms with Crippen LogP contribution in [0.2, 0.25) is 0 Å². The second-order valence-electron chi connectivity index (χ2n) is 6.21. The van der Waals surface area contributed by atoms with Gasteiger partial charge in [-0.15, -0.1) is 35.9 Å². The van der Waals surface area contributed by atoms with Crippen molar-refractivity contribution in [2.24, 2.45) is 23.7 Å². The van der Waals surface area contributed by atoms with E-state index in [2.05, 4.69) is 0 Å². The van der Waals surface area contributed by atoms with Crippen LogP contribution in [0, 0.1) is 23.7 Å². The summed E-state index contributed by atoms with van der Waals surface area (Å²) >= 11 is 0. The van der Waals surface area contributed by atoms with E-state index >= 15 is 0 Å². The minimum Gasteiger partial charge on any atom is -0.101 e. The summed E-state index contributed by atoms with van der Waals surface area (Å²) in [4.78, 5) is 0. The number of rotatable bonds is 4. The molecule has 12 heteroatoms. The van der Waals surface area contributed by atoms with Crippen molar-refractivity contribution in [2.75, 3.05) is 0 Å². The van der Waals surface area contributed by atoms with Crippen molar-refractivity contribution >= 4 is 0 Å². The summed E-state index contributed by atoms with van der Waals surface area (Å²) < 4.78 is 104. The Balaban J connectivity index is 1.68. The Morgan fingerprint density at radius 2 is 0.550 bits per heavy atom. The van der Waals surface area contributed by atoms with Crippen molar-refractivity contribution in [3.63, 3.8) is 0 Å². The van der Waals surface area contributed by atoms with Gasteiger partial charge in [0.2, 0.25) is 0 Å². The summed E-state index contributed by atoms with van der Waals surface area (Å²) in [7, 11) is 0. The highest BCUT2D eigenvalue weighted by Crippen LogP contribution is 3.10. The molecule has 0 bridgehead atoms. The minimum atomic E-state index is -2.27. The Kier molecular flexibility index (Phi) is 1.45. The maximum atomic E-state index is 13.0. The normalized spacial score (nSPS) is 66.6. The Hall–Kier alpha value is -0.720. The molecule has 0 aromatic rings. The van der Waals surface area contributed by atoms with Gasteiger partial charge in [0.05, 0.1) is 0 Å². The number of hydrogen-bond acceptors (Lipinski definition) is 4. The molecule has 0 atom stereocenters. The molecule has 0 spiro atoms. The summed E-state index contributed by atoms with van der Waals surface area (Å²) in [5.74, 6) is -6.87. The lowest BCUT2D eigenvalue weighted by Crippen LogP contribution is -3.32. The van der Waals surface area contributed by atoms with Gasteiger partial charge in [0.15, 0.2) is 0 Å². The highest BCUT2D eigenvalue weighted by molar-refractivity contribution is 5.75. The molecule has 0 N–H and O–H groups in total.